The molecule has 0 bridgehead atoms. The minimum absolute atomic E-state index is 0.158. The molecule has 1 heterocycles. The van der Waals surface area contributed by atoms with Crippen molar-refractivity contribution in [3.05, 3.63) is 63.1 Å². The molecule has 3 rings (SSSR count). The van der Waals surface area contributed by atoms with Crippen LogP contribution in [0.4, 0.5) is 10.5 Å². The topological polar surface area (TPSA) is 61.4 Å². The molecule has 0 saturated carbocycles. The Morgan fingerprint density at radius 2 is 1.75 bits per heavy atom. The standard InChI is InChI=1S/C20H20Cl3N3O2/c21-14-5-7-16(8-6-14)25-20(28)26-11-1-2-18(26)19(27)24-10-9-13-3-4-15(22)12-17(13)23/h3-8,12,18H,1-2,9-11H2,(H,24,27)(H,25,28). The second kappa shape index (κ2) is 9.50. The fraction of sp³-hybridized carbons (Fsp3) is 0.300. The average molecular weight is 441 g/mol. The Balaban J connectivity index is 1.53. The van der Waals surface area contributed by atoms with Crippen molar-refractivity contribution >= 4 is 52.4 Å². The average Bonchev–Trinajstić information content (AvgIpc) is 3.15. The highest BCUT2D eigenvalue weighted by Gasteiger charge is 2.33. The lowest BCUT2D eigenvalue weighted by atomic mass is 10.1. The third-order valence-electron chi connectivity index (χ3n) is 4.62. The number of nitrogens with zero attached hydrogens (tertiary/aromatic N) is 1. The molecule has 1 unspecified atom stereocenters. The first-order valence-corrected chi connectivity index (χ1v) is 10.1. The molecular formula is C20H20Cl3N3O2. The molecule has 0 spiro atoms. The zero-order valence-electron chi connectivity index (χ0n) is 15.1. The summed E-state index contributed by atoms with van der Waals surface area (Å²) in [6, 6.07) is 11.4. The molecule has 5 nitrogen and oxygen atoms in total. The smallest absolute Gasteiger partial charge is 0.322 e. The van der Waals surface area contributed by atoms with Crippen molar-refractivity contribution in [3.8, 4) is 0 Å². The number of rotatable bonds is 5. The molecule has 148 valence electrons. The van der Waals surface area contributed by atoms with Crippen LogP contribution in [-0.2, 0) is 11.2 Å². The van der Waals surface area contributed by atoms with Crippen molar-refractivity contribution in [1.29, 1.82) is 0 Å². The third-order valence-corrected chi connectivity index (χ3v) is 5.46. The van der Waals surface area contributed by atoms with Gasteiger partial charge in [0.25, 0.3) is 0 Å². The molecule has 2 N–H and O–H groups in total. The lowest BCUT2D eigenvalue weighted by Gasteiger charge is -2.24. The summed E-state index contributed by atoms with van der Waals surface area (Å²) < 4.78 is 0. The van der Waals surface area contributed by atoms with E-state index in [1.165, 1.54) is 0 Å². The maximum absolute atomic E-state index is 12.6. The summed E-state index contributed by atoms with van der Waals surface area (Å²) in [5, 5.41) is 7.46. The van der Waals surface area contributed by atoms with Crippen LogP contribution in [0.5, 0.6) is 0 Å². The number of hydrogen-bond acceptors (Lipinski definition) is 2. The van der Waals surface area contributed by atoms with Gasteiger partial charge in [-0.15, -0.1) is 0 Å². The van der Waals surface area contributed by atoms with Gasteiger partial charge in [-0.05, 0) is 61.2 Å². The first-order valence-electron chi connectivity index (χ1n) is 8.99. The number of carbonyl (C=O) groups excluding carboxylic acids is 2. The lowest BCUT2D eigenvalue weighted by molar-refractivity contribution is -0.124. The van der Waals surface area contributed by atoms with Gasteiger partial charge >= 0.3 is 6.03 Å². The van der Waals surface area contributed by atoms with Gasteiger partial charge in [-0.1, -0.05) is 40.9 Å². The van der Waals surface area contributed by atoms with Gasteiger partial charge in [0, 0.05) is 33.8 Å². The summed E-state index contributed by atoms with van der Waals surface area (Å²) in [5.74, 6) is -0.158. The molecule has 28 heavy (non-hydrogen) atoms. The van der Waals surface area contributed by atoms with Gasteiger partial charge in [0.2, 0.25) is 5.91 Å². The Bertz CT molecular complexity index is 858. The van der Waals surface area contributed by atoms with Crippen molar-refractivity contribution < 1.29 is 9.59 Å². The van der Waals surface area contributed by atoms with Crippen LogP contribution in [0.2, 0.25) is 15.1 Å². The molecule has 1 saturated heterocycles. The van der Waals surface area contributed by atoms with Crippen molar-refractivity contribution in [2.24, 2.45) is 0 Å². The molecule has 1 fully saturated rings. The number of hydrogen-bond donors (Lipinski definition) is 2. The molecule has 2 aromatic carbocycles. The molecule has 0 aromatic heterocycles. The third kappa shape index (κ3) is 5.31. The number of nitrogens with one attached hydrogen (secondary N) is 2. The van der Waals surface area contributed by atoms with Crippen LogP contribution >= 0.6 is 34.8 Å². The quantitative estimate of drug-likeness (QED) is 0.687. The van der Waals surface area contributed by atoms with Crippen LogP contribution in [0.3, 0.4) is 0 Å². The molecule has 8 heteroatoms. The predicted octanol–water partition coefficient (Wildman–Crippen LogP) is 5.00. The summed E-state index contributed by atoms with van der Waals surface area (Å²) in [6.07, 6.45) is 2.02. The minimum atomic E-state index is -0.479. The normalized spacial score (nSPS) is 16.1. The summed E-state index contributed by atoms with van der Waals surface area (Å²) in [7, 11) is 0. The number of amides is 3. The van der Waals surface area contributed by atoms with Crippen molar-refractivity contribution in [3.63, 3.8) is 0 Å². The fourth-order valence-corrected chi connectivity index (χ4v) is 3.80. The molecule has 1 atom stereocenters. The van der Waals surface area contributed by atoms with E-state index < -0.39 is 6.04 Å². The molecule has 0 radical (unpaired) electrons. The van der Waals surface area contributed by atoms with E-state index in [2.05, 4.69) is 10.6 Å². The molecular weight excluding hydrogens is 421 g/mol. The summed E-state index contributed by atoms with van der Waals surface area (Å²) in [4.78, 5) is 26.7. The fourth-order valence-electron chi connectivity index (χ4n) is 3.17. The summed E-state index contributed by atoms with van der Waals surface area (Å²) in [5.41, 5.74) is 1.55. The number of likely N-dealkylation sites (tertiary alicyclic amines) is 1. The molecule has 3 amide bonds. The highest BCUT2D eigenvalue weighted by molar-refractivity contribution is 6.35. The van der Waals surface area contributed by atoms with Gasteiger partial charge in [0.1, 0.15) is 6.04 Å². The highest BCUT2D eigenvalue weighted by Crippen LogP contribution is 2.22. The number of halogens is 3. The Morgan fingerprint density at radius 1 is 1.04 bits per heavy atom. The van der Waals surface area contributed by atoms with Crippen LogP contribution in [-0.4, -0.2) is 36.0 Å². The lowest BCUT2D eigenvalue weighted by Crippen LogP contribution is -2.47. The summed E-state index contributed by atoms with van der Waals surface area (Å²) >= 11 is 17.9. The Morgan fingerprint density at radius 3 is 2.46 bits per heavy atom. The number of urea groups is 1. The van der Waals surface area contributed by atoms with Gasteiger partial charge in [0.05, 0.1) is 0 Å². The van der Waals surface area contributed by atoms with E-state index in [1.54, 1.807) is 41.3 Å². The van der Waals surface area contributed by atoms with E-state index in [-0.39, 0.29) is 11.9 Å². The maximum atomic E-state index is 12.6. The first-order chi connectivity index (χ1) is 13.4. The van der Waals surface area contributed by atoms with Gasteiger partial charge < -0.3 is 15.5 Å². The highest BCUT2D eigenvalue weighted by atomic mass is 35.5. The molecule has 1 aliphatic heterocycles. The SMILES string of the molecule is O=C(NCCc1ccc(Cl)cc1Cl)C1CCCN1C(=O)Nc1ccc(Cl)cc1. The van der Waals surface area contributed by atoms with Gasteiger partial charge in [-0.3, -0.25) is 4.79 Å². The van der Waals surface area contributed by atoms with E-state index in [0.717, 1.165) is 12.0 Å². The van der Waals surface area contributed by atoms with Gasteiger partial charge in [-0.25, -0.2) is 4.79 Å². The molecule has 2 aromatic rings. The maximum Gasteiger partial charge on any atom is 0.322 e. The van der Waals surface area contributed by atoms with E-state index >= 15 is 0 Å². The summed E-state index contributed by atoms with van der Waals surface area (Å²) in [6.45, 7) is 0.976. The minimum Gasteiger partial charge on any atom is -0.354 e. The van der Waals surface area contributed by atoms with Gasteiger partial charge in [0.15, 0.2) is 0 Å². The monoisotopic (exact) mass is 439 g/mol. The predicted molar refractivity (Wildman–Crippen MR) is 113 cm³/mol. The molecule has 0 aliphatic carbocycles. The van der Waals surface area contributed by atoms with E-state index in [1.807, 2.05) is 6.07 Å². The number of carbonyl (C=O) groups is 2. The van der Waals surface area contributed by atoms with Crippen molar-refractivity contribution in [2.45, 2.75) is 25.3 Å². The van der Waals surface area contributed by atoms with Gasteiger partial charge in [-0.2, -0.15) is 0 Å². The zero-order chi connectivity index (χ0) is 20.1. The second-order valence-corrected chi connectivity index (χ2v) is 7.85. The largest absolute Gasteiger partial charge is 0.354 e. The molecule has 1 aliphatic rings. The second-order valence-electron chi connectivity index (χ2n) is 6.57. The number of benzene rings is 2. The Kier molecular flexibility index (Phi) is 7.05. The first kappa shape index (κ1) is 20.8. The van der Waals surface area contributed by atoms with Crippen molar-refractivity contribution in [2.75, 3.05) is 18.4 Å². The van der Waals surface area contributed by atoms with Crippen LogP contribution in [0, 0.1) is 0 Å². The zero-order valence-corrected chi connectivity index (χ0v) is 17.3. The van der Waals surface area contributed by atoms with E-state index in [0.29, 0.717) is 46.7 Å². The Hall–Kier alpha value is -1.95. The van der Waals surface area contributed by atoms with Crippen LogP contribution in [0.25, 0.3) is 0 Å². The van der Waals surface area contributed by atoms with E-state index in [4.69, 9.17) is 34.8 Å². The van der Waals surface area contributed by atoms with Crippen LogP contribution < -0.4 is 10.6 Å². The van der Waals surface area contributed by atoms with Crippen LogP contribution in [0.15, 0.2) is 42.5 Å². The Labute approximate surface area is 178 Å². The van der Waals surface area contributed by atoms with E-state index in [9.17, 15) is 9.59 Å². The van der Waals surface area contributed by atoms with Crippen molar-refractivity contribution in [1.82, 2.24) is 10.2 Å². The number of anilines is 1. The van der Waals surface area contributed by atoms with Crippen LogP contribution in [0.1, 0.15) is 18.4 Å².